The highest BCUT2D eigenvalue weighted by Crippen LogP contribution is 2.29. The first-order chi connectivity index (χ1) is 9.08. The normalized spacial score (nSPS) is 10.2. The number of hydrogen-bond acceptors (Lipinski definition) is 3. The van der Waals surface area contributed by atoms with Crippen LogP contribution in [0.15, 0.2) is 41.3 Å². The van der Waals surface area contributed by atoms with Crippen LogP contribution in [-0.4, -0.2) is 0 Å². The largest absolute Gasteiger partial charge is 0.398 e. The van der Waals surface area contributed by atoms with Crippen LogP contribution in [-0.2, 0) is 5.75 Å². The highest BCUT2D eigenvalue weighted by molar-refractivity contribution is 7.98. The van der Waals surface area contributed by atoms with Crippen molar-refractivity contribution in [1.82, 2.24) is 0 Å². The number of nitrogens with two attached hydrogens (primary N) is 1. The summed E-state index contributed by atoms with van der Waals surface area (Å²) in [6.45, 7) is 4.22. The van der Waals surface area contributed by atoms with Gasteiger partial charge in [0.05, 0.1) is 11.6 Å². The molecule has 2 nitrogen and oxygen atoms in total. The van der Waals surface area contributed by atoms with Crippen molar-refractivity contribution in [2.75, 3.05) is 5.73 Å². The van der Waals surface area contributed by atoms with Crippen molar-refractivity contribution in [3.63, 3.8) is 0 Å². The van der Waals surface area contributed by atoms with Crippen molar-refractivity contribution in [2.45, 2.75) is 24.5 Å². The maximum Gasteiger partial charge on any atom is 0.0992 e. The monoisotopic (exact) mass is 268 g/mol. The van der Waals surface area contributed by atoms with E-state index in [4.69, 9.17) is 11.0 Å². The number of thioether (sulfide) groups is 1. The number of aryl methyl sites for hydroxylation is 2. The Hall–Kier alpha value is -1.92. The topological polar surface area (TPSA) is 49.8 Å². The van der Waals surface area contributed by atoms with Gasteiger partial charge in [0, 0.05) is 16.3 Å². The van der Waals surface area contributed by atoms with Gasteiger partial charge in [-0.15, -0.1) is 11.8 Å². The fraction of sp³-hybridized carbons (Fsp3) is 0.188. The Bertz CT molecular complexity index is 621. The van der Waals surface area contributed by atoms with Gasteiger partial charge in [-0.25, -0.2) is 0 Å². The minimum absolute atomic E-state index is 0.605. The van der Waals surface area contributed by atoms with Gasteiger partial charge in [0.25, 0.3) is 0 Å². The molecule has 0 aliphatic rings. The lowest BCUT2D eigenvalue weighted by Crippen LogP contribution is -1.91. The van der Waals surface area contributed by atoms with Crippen LogP contribution in [0.5, 0.6) is 0 Å². The van der Waals surface area contributed by atoms with Gasteiger partial charge in [-0.1, -0.05) is 29.3 Å². The Balaban J connectivity index is 2.12. The molecule has 2 aromatic carbocycles. The molecule has 0 atom stereocenters. The highest BCUT2D eigenvalue weighted by Gasteiger charge is 2.03. The second-order valence-electron chi connectivity index (χ2n) is 4.65. The van der Waals surface area contributed by atoms with Gasteiger partial charge in [-0.3, -0.25) is 0 Å². The van der Waals surface area contributed by atoms with Gasteiger partial charge in [0.15, 0.2) is 0 Å². The average Bonchev–Trinajstić information content (AvgIpc) is 2.36. The summed E-state index contributed by atoms with van der Waals surface area (Å²) < 4.78 is 0. The lowest BCUT2D eigenvalue weighted by molar-refractivity contribution is 1.29. The fourth-order valence-electron chi connectivity index (χ4n) is 2.06. The van der Waals surface area contributed by atoms with Gasteiger partial charge >= 0.3 is 0 Å². The minimum atomic E-state index is 0.605. The predicted octanol–water partition coefficient (Wildman–Crippen LogP) is 4.05. The van der Waals surface area contributed by atoms with E-state index in [0.717, 1.165) is 10.6 Å². The Morgan fingerprint density at radius 1 is 1.11 bits per heavy atom. The molecule has 0 aromatic heterocycles. The van der Waals surface area contributed by atoms with Gasteiger partial charge in [0.1, 0.15) is 0 Å². The number of hydrogen-bond donors (Lipinski definition) is 1. The lowest BCUT2D eigenvalue weighted by atomic mass is 10.1. The zero-order chi connectivity index (χ0) is 13.8. The number of nitriles is 1. The van der Waals surface area contributed by atoms with Crippen LogP contribution in [0.1, 0.15) is 22.3 Å². The molecule has 2 N–H and O–H groups in total. The van der Waals surface area contributed by atoms with Crippen molar-refractivity contribution in [3.05, 3.63) is 58.7 Å². The number of nitrogens with zero attached hydrogens (tertiary/aromatic N) is 1. The predicted molar refractivity (Wildman–Crippen MR) is 81.0 cm³/mol. The molecule has 0 amide bonds. The Labute approximate surface area is 118 Å². The molecule has 0 heterocycles. The second kappa shape index (κ2) is 5.81. The minimum Gasteiger partial charge on any atom is -0.398 e. The molecule has 0 radical (unpaired) electrons. The third-order valence-corrected chi connectivity index (χ3v) is 3.98. The van der Waals surface area contributed by atoms with E-state index in [-0.39, 0.29) is 0 Å². The van der Waals surface area contributed by atoms with Crippen molar-refractivity contribution in [3.8, 4) is 6.07 Å². The van der Waals surface area contributed by atoms with Crippen LogP contribution in [0.2, 0.25) is 0 Å². The van der Waals surface area contributed by atoms with Crippen molar-refractivity contribution >= 4 is 17.4 Å². The summed E-state index contributed by atoms with van der Waals surface area (Å²) in [5.74, 6) is 0.888. The number of benzene rings is 2. The molecule has 0 saturated carbocycles. The van der Waals surface area contributed by atoms with Crippen LogP contribution in [0.4, 0.5) is 5.69 Å². The van der Waals surface area contributed by atoms with Crippen LogP contribution in [0.3, 0.4) is 0 Å². The first-order valence-corrected chi connectivity index (χ1v) is 7.06. The Kier molecular flexibility index (Phi) is 4.13. The lowest BCUT2D eigenvalue weighted by Gasteiger charge is -2.07. The zero-order valence-corrected chi connectivity index (χ0v) is 11.9. The van der Waals surface area contributed by atoms with Crippen LogP contribution < -0.4 is 5.73 Å². The summed E-state index contributed by atoms with van der Waals surface area (Å²) in [5, 5.41) is 8.81. The summed E-state index contributed by atoms with van der Waals surface area (Å²) in [4.78, 5) is 1.03. The SMILES string of the molecule is Cc1cc(C)cc(CSc2ccc(C#N)cc2N)c1. The maximum absolute atomic E-state index is 8.81. The molecule has 0 aliphatic carbocycles. The van der Waals surface area contributed by atoms with E-state index in [0.29, 0.717) is 11.3 Å². The molecule has 2 aromatic rings. The quantitative estimate of drug-likeness (QED) is 0.675. The van der Waals surface area contributed by atoms with Crippen LogP contribution >= 0.6 is 11.8 Å². The summed E-state index contributed by atoms with van der Waals surface area (Å²) in [5.41, 5.74) is 11.1. The molecule has 96 valence electrons. The molecule has 3 heteroatoms. The first-order valence-electron chi connectivity index (χ1n) is 6.08. The van der Waals surface area contributed by atoms with Gasteiger partial charge in [0.2, 0.25) is 0 Å². The number of anilines is 1. The van der Waals surface area contributed by atoms with E-state index in [1.165, 1.54) is 16.7 Å². The molecular formula is C16H16N2S. The molecule has 2 rings (SSSR count). The number of rotatable bonds is 3. The van der Waals surface area contributed by atoms with Gasteiger partial charge in [-0.2, -0.15) is 5.26 Å². The van der Waals surface area contributed by atoms with E-state index >= 15 is 0 Å². The van der Waals surface area contributed by atoms with Crippen LogP contribution in [0, 0.1) is 25.2 Å². The first kappa shape index (κ1) is 13.5. The van der Waals surface area contributed by atoms with E-state index in [2.05, 4.69) is 38.1 Å². The van der Waals surface area contributed by atoms with Gasteiger partial charge in [-0.05, 0) is 37.6 Å². The van der Waals surface area contributed by atoms with E-state index in [1.807, 2.05) is 6.07 Å². The van der Waals surface area contributed by atoms with Crippen LogP contribution in [0.25, 0.3) is 0 Å². The molecule has 0 spiro atoms. The molecule has 0 saturated heterocycles. The maximum atomic E-state index is 8.81. The molecule has 0 bridgehead atoms. The molecular weight excluding hydrogens is 252 g/mol. The van der Waals surface area contributed by atoms with Crippen molar-refractivity contribution < 1.29 is 0 Å². The smallest absolute Gasteiger partial charge is 0.0992 e. The molecule has 0 unspecified atom stereocenters. The van der Waals surface area contributed by atoms with Gasteiger partial charge < -0.3 is 5.73 Å². The Morgan fingerprint density at radius 3 is 2.37 bits per heavy atom. The zero-order valence-electron chi connectivity index (χ0n) is 11.1. The second-order valence-corrected chi connectivity index (χ2v) is 5.67. The van der Waals surface area contributed by atoms with Crippen molar-refractivity contribution in [2.24, 2.45) is 0 Å². The molecule has 0 fully saturated rings. The third-order valence-electron chi connectivity index (χ3n) is 2.81. The molecule has 0 aliphatic heterocycles. The number of nitrogen functional groups attached to an aromatic ring is 1. The van der Waals surface area contributed by atoms with E-state index in [1.54, 1.807) is 23.9 Å². The standard InChI is InChI=1S/C16H16N2S/c1-11-5-12(2)7-14(6-11)10-19-16-4-3-13(9-17)8-15(16)18/h3-8H,10,18H2,1-2H3. The summed E-state index contributed by atoms with van der Waals surface area (Å²) >= 11 is 1.70. The molecule has 19 heavy (non-hydrogen) atoms. The summed E-state index contributed by atoms with van der Waals surface area (Å²) in [7, 11) is 0. The Morgan fingerprint density at radius 2 is 1.79 bits per heavy atom. The third kappa shape index (κ3) is 3.52. The van der Waals surface area contributed by atoms with E-state index in [9.17, 15) is 0 Å². The van der Waals surface area contributed by atoms with Crippen molar-refractivity contribution in [1.29, 1.82) is 5.26 Å². The summed E-state index contributed by atoms with van der Waals surface area (Å²) in [6.07, 6.45) is 0. The van der Waals surface area contributed by atoms with E-state index < -0.39 is 0 Å². The summed E-state index contributed by atoms with van der Waals surface area (Å²) in [6, 6.07) is 14.1. The highest BCUT2D eigenvalue weighted by atomic mass is 32.2. The average molecular weight is 268 g/mol. The fourth-order valence-corrected chi connectivity index (χ4v) is 2.94.